The van der Waals surface area contributed by atoms with Crippen LogP contribution in [0.4, 0.5) is 0 Å². The smallest absolute Gasteiger partial charge is 0.243 e. The highest BCUT2D eigenvalue weighted by atomic mass is 32.2. The molecule has 1 aromatic heterocycles. The molecule has 114 valence electrons. The Morgan fingerprint density at radius 2 is 1.73 bits per heavy atom. The Bertz CT molecular complexity index is 862. The fourth-order valence-electron chi connectivity index (χ4n) is 2.31. The van der Waals surface area contributed by atoms with Crippen LogP contribution >= 0.6 is 0 Å². The van der Waals surface area contributed by atoms with E-state index in [1.54, 1.807) is 31.3 Å². The van der Waals surface area contributed by atoms with Gasteiger partial charge in [0.2, 0.25) is 10.0 Å². The Labute approximate surface area is 130 Å². The third kappa shape index (κ3) is 2.77. The van der Waals surface area contributed by atoms with Crippen molar-refractivity contribution in [3.05, 3.63) is 65.9 Å². The summed E-state index contributed by atoms with van der Waals surface area (Å²) in [6.45, 7) is 2.12. The number of sulfonamides is 1. The maximum absolute atomic E-state index is 12.5. The number of benzene rings is 2. The number of aryl methyl sites for hydroxylation is 1. The van der Waals surface area contributed by atoms with Crippen molar-refractivity contribution in [2.24, 2.45) is 0 Å². The van der Waals surface area contributed by atoms with Gasteiger partial charge in [-0.15, -0.1) is 0 Å². The quantitative estimate of drug-likeness (QED) is 0.739. The number of nitrogens with zero attached hydrogens (tertiary/aromatic N) is 1. The van der Waals surface area contributed by atoms with Gasteiger partial charge in [-0.3, -0.25) is 0 Å². The first-order valence-corrected chi connectivity index (χ1v) is 8.41. The predicted octanol–water partition coefficient (Wildman–Crippen LogP) is 3.56. The maximum Gasteiger partial charge on any atom is 0.243 e. The van der Waals surface area contributed by atoms with Crippen molar-refractivity contribution >= 4 is 21.0 Å². The van der Waals surface area contributed by atoms with Gasteiger partial charge >= 0.3 is 0 Å². The number of hydrogen-bond acceptors (Lipinski definition) is 3. The van der Waals surface area contributed by atoms with Gasteiger partial charge in [0.15, 0.2) is 0 Å². The van der Waals surface area contributed by atoms with Crippen LogP contribution in [0, 0.1) is 6.92 Å². The molecule has 0 bridgehead atoms. The molecule has 0 saturated heterocycles. The fraction of sp³-hybridized carbons (Fsp3) is 0.176. The van der Waals surface area contributed by atoms with Crippen LogP contribution < -0.4 is 0 Å². The molecule has 0 unspecified atom stereocenters. The van der Waals surface area contributed by atoms with Crippen molar-refractivity contribution in [2.45, 2.75) is 18.4 Å². The Morgan fingerprint density at radius 3 is 2.41 bits per heavy atom. The lowest BCUT2D eigenvalue weighted by molar-refractivity contribution is 0.418. The number of rotatable bonds is 4. The van der Waals surface area contributed by atoms with Crippen LogP contribution in [0.2, 0.25) is 0 Å². The topological polar surface area (TPSA) is 50.5 Å². The molecule has 1 heterocycles. The van der Waals surface area contributed by atoms with E-state index in [9.17, 15) is 8.42 Å². The van der Waals surface area contributed by atoms with E-state index in [0.717, 1.165) is 16.5 Å². The molecule has 5 heteroatoms. The molecular formula is C17H17NO3S. The normalized spacial score (nSPS) is 12.1. The van der Waals surface area contributed by atoms with Gasteiger partial charge in [0.25, 0.3) is 0 Å². The summed E-state index contributed by atoms with van der Waals surface area (Å²) < 4.78 is 32.1. The fourth-order valence-corrected chi connectivity index (χ4v) is 3.45. The van der Waals surface area contributed by atoms with E-state index in [0.29, 0.717) is 5.76 Å². The highest BCUT2D eigenvalue weighted by Gasteiger charge is 2.21. The van der Waals surface area contributed by atoms with Gasteiger partial charge in [-0.1, -0.05) is 35.9 Å². The molecule has 0 aliphatic carbocycles. The molecule has 0 radical (unpaired) electrons. The van der Waals surface area contributed by atoms with Crippen LogP contribution in [0.15, 0.2) is 63.9 Å². The summed E-state index contributed by atoms with van der Waals surface area (Å²) in [6.07, 6.45) is 0. The minimum absolute atomic E-state index is 0.199. The summed E-state index contributed by atoms with van der Waals surface area (Å²) in [5.74, 6) is 0.624. The first-order chi connectivity index (χ1) is 10.5. The molecule has 0 saturated carbocycles. The maximum atomic E-state index is 12.5. The summed E-state index contributed by atoms with van der Waals surface area (Å²) >= 11 is 0. The third-order valence-corrected chi connectivity index (χ3v) is 5.40. The average molecular weight is 315 g/mol. The van der Waals surface area contributed by atoms with Gasteiger partial charge < -0.3 is 4.42 Å². The van der Waals surface area contributed by atoms with Gasteiger partial charge in [-0.25, -0.2) is 8.42 Å². The second-order valence-corrected chi connectivity index (χ2v) is 7.37. The van der Waals surface area contributed by atoms with E-state index in [2.05, 4.69) is 0 Å². The molecule has 0 aliphatic heterocycles. The largest absolute Gasteiger partial charge is 0.460 e. The average Bonchev–Trinajstić information content (AvgIpc) is 2.89. The third-order valence-electron chi connectivity index (χ3n) is 3.58. The Hall–Kier alpha value is -2.11. The van der Waals surface area contributed by atoms with Crippen molar-refractivity contribution in [3.63, 3.8) is 0 Å². The Morgan fingerprint density at radius 1 is 1.05 bits per heavy atom. The van der Waals surface area contributed by atoms with Crippen LogP contribution in [0.1, 0.15) is 11.3 Å². The summed E-state index contributed by atoms with van der Waals surface area (Å²) in [5.41, 5.74) is 1.79. The lowest BCUT2D eigenvalue weighted by Gasteiger charge is -2.16. The molecule has 0 spiro atoms. The number of furan rings is 1. The lowest BCUT2D eigenvalue weighted by atomic mass is 10.2. The van der Waals surface area contributed by atoms with E-state index < -0.39 is 10.0 Å². The van der Waals surface area contributed by atoms with Crippen LogP contribution in [0.5, 0.6) is 0 Å². The van der Waals surface area contributed by atoms with E-state index in [4.69, 9.17) is 4.42 Å². The van der Waals surface area contributed by atoms with Crippen LogP contribution in [-0.4, -0.2) is 19.8 Å². The van der Waals surface area contributed by atoms with Gasteiger partial charge in [-0.2, -0.15) is 4.31 Å². The minimum atomic E-state index is -3.52. The van der Waals surface area contributed by atoms with E-state index in [1.807, 2.05) is 37.3 Å². The molecule has 2 aromatic carbocycles. The zero-order valence-corrected chi connectivity index (χ0v) is 13.3. The molecule has 0 amide bonds. The summed E-state index contributed by atoms with van der Waals surface area (Å²) in [4.78, 5) is 0.289. The van der Waals surface area contributed by atoms with Crippen molar-refractivity contribution in [1.82, 2.24) is 4.31 Å². The highest BCUT2D eigenvalue weighted by Crippen LogP contribution is 2.22. The highest BCUT2D eigenvalue weighted by molar-refractivity contribution is 7.89. The molecule has 0 N–H and O–H groups in total. The van der Waals surface area contributed by atoms with Gasteiger partial charge in [0.1, 0.15) is 11.3 Å². The number of fused-ring (bicyclic) bond motifs is 1. The summed E-state index contributed by atoms with van der Waals surface area (Å²) in [5, 5.41) is 0.971. The molecule has 3 rings (SSSR count). The first kappa shape index (κ1) is 14.8. The zero-order chi connectivity index (χ0) is 15.7. The van der Waals surface area contributed by atoms with Gasteiger partial charge in [-0.05, 0) is 31.2 Å². The lowest BCUT2D eigenvalue weighted by Crippen LogP contribution is -2.26. The SMILES string of the molecule is Cc1ccc(S(=O)(=O)N(C)Cc2cc3ccccc3o2)cc1. The number of hydrogen-bond donors (Lipinski definition) is 0. The Balaban J connectivity index is 1.86. The monoisotopic (exact) mass is 315 g/mol. The van der Waals surface area contributed by atoms with Crippen molar-refractivity contribution in [3.8, 4) is 0 Å². The molecule has 0 atom stereocenters. The molecule has 22 heavy (non-hydrogen) atoms. The molecule has 4 nitrogen and oxygen atoms in total. The second kappa shape index (κ2) is 5.59. The molecule has 3 aromatic rings. The Kier molecular flexibility index (Phi) is 3.76. The predicted molar refractivity (Wildman–Crippen MR) is 86.0 cm³/mol. The van der Waals surface area contributed by atoms with Crippen molar-refractivity contribution in [2.75, 3.05) is 7.05 Å². The minimum Gasteiger partial charge on any atom is -0.460 e. The van der Waals surface area contributed by atoms with Crippen molar-refractivity contribution < 1.29 is 12.8 Å². The zero-order valence-electron chi connectivity index (χ0n) is 12.5. The van der Waals surface area contributed by atoms with E-state index >= 15 is 0 Å². The van der Waals surface area contributed by atoms with Gasteiger partial charge in [0.05, 0.1) is 11.4 Å². The van der Waals surface area contributed by atoms with E-state index in [1.165, 1.54) is 4.31 Å². The molecule has 0 fully saturated rings. The number of para-hydroxylation sites is 1. The van der Waals surface area contributed by atoms with Crippen LogP contribution in [0.25, 0.3) is 11.0 Å². The first-order valence-electron chi connectivity index (χ1n) is 6.97. The summed E-state index contributed by atoms with van der Waals surface area (Å²) in [6, 6.07) is 16.3. The summed E-state index contributed by atoms with van der Waals surface area (Å²) in [7, 11) is -1.96. The standard InChI is InChI=1S/C17H17NO3S/c1-13-7-9-16(10-8-13)22(19,20)18(2)12-15-11-14-5-3-4-6-17(14)21-15/h3-11H,12H2,1-2H3. The van der Waals surface area contributed by atoms with Crippen molar-refractivity contribution in [1.29, 1.82) is 0 Å². The van der Waals surface area contributed by atoms with Gasteiger partial charge in [0, 0.05) is 12.4 Å². The molecule has 0 aliphatic rings. The van der Waals surface area contributed by atoms with Crippen LogP contribution in [-0.2, 0) is 16.6 Å². The van der Waals surface area contributed by atoms with Crippen LogP contribution in [0.3, 0.4) is 0 Å². The van der Waals surface area contributed by atoms with E-state index in [-0.39, 0.29) is 11.4 Å². The molecular weight excluding hydrogens is 298 g/mol. The second-order valence-electron chi connectivity index (χ2n) is 5.32.